The van der Waals surface area contributed by atoms with Crippen LogP contribution >= 0.6 is 39.7 Å². The van der Waals surface area contributed by atoms with Crippen LogP contribution in [0, 0.1) is 0 Å². The van der Waals surface area contributed by atoms with Crippen molar-refractivity contribution in [2.24, 2.45) is 0 Å². The van der Waals surface area contributed by atoms with E-state index >= 15 is 0 Å². The number of halogens is 2. The van der Waals surface area contributed by atoms with Crippen molar-refractivity contribution in [3.8, 4) is 11.5 Å². The van der Waals surface area contributed by atoms with E-state index in [4.69, 9.17) is 33.3 Å². The zero-order chi connectivity index (χ0) is 19.8. The highest BCUT2D eigenvalue weighted by molar-refractivity contribution is 9.10. The summed E-state index contributed by atoms with van der Waals surface area (Å²) in [6.07, 6.45) is 0. The third kappa shape index (κ3) is 6.70. The maximum absolute atomic E-state index is 12.0. The predicted molar refractivity (Wildman–Crippen MR) is 109 cm³/mol. The summed E-state index contributed by atoms with van der Waals surface area (Å²) in [4.78, 5) is 23.8. The highest BCUT2D eigenvalue weighted by Gasteiger charge is 2.10. The molecule has 7 nitrogen and oxygen atoms in total. The van der Waals surface area contributed by atoms with E-state index < -0.39 is 11.8 Å². The van der Waals surface area contributed by atoms with Crippen LogP contribution in [-0.4, -0.2) is 30.6 Å². The van der Waals surface area contributed by atoms with E-state index in [1.165, 1.54) is 7.11 Å². The highest BCUT2D eigenvalue weighted by Crippen LogP contribution is 2.27. The standard InChI is InChI=1S/C17H15BrClN3O4S/c1-25-12-5-2-10(3-6-12)16(24)21-22-17(27)20-15(23)9-26-14-7-4-11(18)8-13(14)19/h2-8H,9H2,1H3,(H,21,24)(H2,20,22,23,27). The zero-order valence-electron chi connectivity index (χ0n) is 14.0. The molecule has 0 unspecified atom stereocenters. The fourth-order valence-electron chi connectivity index (χ4n) is 1.86. The van der Waals surface area contributed by atoms with E-state index in [2.05, 4.69) is 32.1 Å². The van der Waals surface area contributed by atoms with Gasteiger partial charge in [-0.2, -0.15) is 0 Å². The van der Waals surface area contributed by atoms with Gasteiger partial charge in [0.05, 0.1) is 12.1 Å². The van der Waals surface area contributed by atoms with Crippen LogP contribution in [0.5, 0.6) is 11.5 Å². The first-order valence-corrected chi connectivity index (χ1v) is 9.09. The number of carbonyl (C=O) groups excluding carboxylic acids is 2. The molecule has 0 radical (unpaired) electrons. The van der Waals surface area contributed by atoms with Crippen LogP contribution in [0.3, 0.4) is 0 Å². The van der Waals surface area contributed by atoms with Gasteiger partial charge in [-0.25, -0.2) is 0 Å². The summed E-state index contributed by atoms with van der Waals surface area (Å²) >= 11 is 14.2. The molecule has 2 rings (SSSR count). The lowest BCUT2D eigenvalue weighted by Crippen LogP contribution is -2.49. The number of rotatable bonds is 5. The summed E-state index contributed by atoms with van der Waals surface area (Å²) < 4.78 is 11.1. The number of hydrogen-bond acceptors (Lipinski definition) is 5. The van der Waals surface area contributed by atoms with Gasteiger partial charge in [-0.3, -0.25) is 25.8 Å². The van der Waals surface area contributed by atoms with E-state index in [9.17, 15) is 9.59 Å². The topological polar surface area (TPSA) is 88.7 Å². The first-order valence-electron chi connectivity index (χ1n) is 7.51. The van der Waals surface area contributed by atoms with Crippen molar-refractivity contribution in [1.82, 2.24) is 16.2 Å². The summed E-state index contributed by atoms with van der Waals surface area (Å²) in [7, 11) is 1.53. The molecule has 0 bridgehead atoms. The number of hydrogen-bond donors (Lipinski definition) is 3. The minimum Gasteiger partial charge on any atom is -0.497 e. The third-order valence-corrected chi connectivity index (χ3v) is 4.14. The second-order valence-corrected chi connectivity index (χ2v) is 6.78. The normalized spacial score (nSPS) is 9.89. The molecule has 2 amide bonds. The molecule has 0 atom stereocenters. The quantitative estimate of drug-likeness (QED) is 0.458. The number of carbonyl (C=O) groups is 2. The molecule has 0 saturated carbocycles. The first-order chi connectivity index (χ1) is 12.9. The molecule has 0 aromatic heterocycles. The van der Waals surface area contributed by atoms with E-state index in [0.29, 0.717) is 22.1 Å². The molecule has 0 saturated heterocycles. The Morgan fingerprint density at radius 1 is 1.15 bits per heavy atom. The van der Waals surface area contributed by atoms with Gasteiger partial charge in [0.25, 0.3) is 11.8 Å². The van der Waals surface area contributed by atoms with E-state index in [0.717, 1.165) is 4.47 Å². The fourth-order valence-corrected chi connectivity index (χ4v) is 2.75. The Bertz CT molecular complexity index is 849. The average Bonchev–Trinajstić information content (AvgIpc) is 2.65. The summed E-state index contributed by atoms with van der Waals surface area (Å²) in [5.74, 6) is 0.0622. The number of nitrogens with one attached hydrogen (secondary N) is 3. The minimum atomic E-state index is -0.509. The van der Waals surface area contributed by atoms with Gasteiger partial charge in [0.1, 0.15) is 11.5 Å². The van der Waals surface area contributed by atoms with Gasteiger partial charge in [-0.15, -0.1) is 0 Å². The Morgan fingerprint density at radius 2 is 1.85 bits per heavy atom. The monoisotopic (exact) mass is 471 g/mol. The van der Waals surface area contributed by atoms with Crippen LogP contribution in [0.25, 0.3) is 0 Å². The van der Waals surface area contributed by atoms with Crippen molar-refractivity contribution >= 4 is 56.7 Å². The summed E-state index contributed by atoms with van der Waals surface area (Å²) in [5.41, 5.74) is 5.21. The summed E-state index contributed by atoms with van der Waals surface area (Å²) in [5, 5.41) is 2.66. The fraction of sp³-hybridized carbons (Fsp3) is 0.118. The Hall–Kier alpha value is -2.36. The van der Waals surface area contributed by atoms with Crippen LogP contribution in [-0.2, 0) is 4.79 Å². The lowest BCUT2D eigenvalue weighted by atomic mass is 10.2. The Kier molecular flexibility index (Phi) is 7.83. The van der Waals surface area contributed by atoms with E-state index in [-0.39, 0.29) is 11.7 Å². The molecule has 2 aromatic carbocycles. The van der Waals surface area contributed by atoms with Gasteiger partial charge < -0.3 is 9.47 Å². The van der Waals surface area contributed by atoms with Crippen molar-refractivity contribution in [2.45, 2.75) is 0 Å². The molecule has 0 spiro atoms. The first kappa shape index (κ1) is 20.9. The molecular formula is C17H15BrClN3O4S. The molecule has 3 N–H and O–H groups in total. The molecule has 2 aromatic rings. The largest absolute Gasteiger partial charge is 0.497 e. The van der Waals surface area contributed by atoms with Crippen molar-refractivity contribution in [3.05, 3.63) is 57.5 Å². The number of amides is 2. The molecule has 27 heavy (non-hydrogen) atoms. The molecule has 0 aliphatic heterocycles. The predicted octanol–water partition coefficient (Wildman–Crippen LogP) is 2.83. The number of hydrazine groups is 1. The summed E-state index contributed by atoms with van der Waals surface area (Å²) in [6, 6.07) is 11.5. The number of benzene rings is 2. The van der Waals surface area contributed by atoms with Crippen LogP contribution in [0.2, 0.25) is 5.02 Å². The molecule has 0 aliphatic rings. The number of ether oxygens (including phenoxy) is 2. The smallest absolute Gasteiger partial charge is 0.269 e. The van der Waals surface area contributed by atoms with Crippen molar-refractivity contribution in [2.75, 3.05) is 13.7 Å². The molecular weight excluding hydrogens is 458 g/mol. The van der Waals surface area contributed by atoms with Gasteiger partial charge >= 0.3 is 0 Å². The minimum absolute atomic E-state index is 0.0765. The van der Waals surface area contributed by atoms with Crippen molar-refractivity contribution in [1.29, 1.82) is 0 Å². The second-order valence-electron chi connectivity index (χ2n) is 5.05. The van der Waals surface area contributed by atoms with Gasteiger partial charge in [0, 0.05) is 10.0 Å². The lowest BCUT2D eigenvalue weighted by molar-refractivity contribution is -0.121. The van der Waals surface area contributed by atoms with Crippen LogP contribution < -0.4 is 25.6 Å². The SMILES string of the molecule is COc1ccc(C(=O)NNC(=S)NC(=O)COc2ccc(Br)cc2Cl)cc1. The maximum atomic E-state index is 12.0. The van der Waals surface area contributed by atoms with Crippen LogP contribution in [0.15, 0.2) is 46.9 Å². The van der Waals surface area contributed by atoms with Crippen LogP contribution in [0.1, 0.15) is 10.4 Å². The average molecular weight is 473 g/mol. The zero-order valence-corrected chi connectivity index (χ0v) is 17.2. The van der Waals surface area contributed by atoms with Gasteiger partial charge in [-0.05, 0) is 54.7 Å². The maximum Gasteiger partial charge on any atom is 0.269 e. The number of methoxy groups -OCH3 is 1. The van der Waals surface area contributed by atoms with Crippen molar-refractivity contribution in [3.63, 3.8) is 0 Å². The Morgan fingerprint density at radius 3 is 2.48 bits per heavy atom. The number of thiocarbonyl (C=S) groups is 1. The molecule has 0 heterocycles. The van der Waals surface area contributed by atoms with Gasteiger partial charge in [0.2, 0.25) is 0 Å². The van der Waals surface area contributed by atoms with Gasteiger partial charge in [0.15, 0.2) is 11.7 Å². The highest BCUT2D eigenvalue weighted by atomic mass is 79.9. The van der Waals surface area contributed by atoms with Crippen molar-refractivity contribution < 1.29 is 19.1 Å². The molecule has 0 fully saturated rings. The van der Waals surface area contributed by atoms with E-state index in [1.807, 2.05) is 0 Å². The Balaban J connectivity index is 1.75. The van der Waals surface area contributed by atoms with Crippen LogP contribution in [0.4, 0.5) is 0 Å². The van der Waals surface area contributed by atoms with Gasteiger partial charge in [-0.1, -0.05) is 27.5 Å². The molecule has 142 valence electrons. The molecule has 10 heteroatoms. The summed E-state index contributed by atoms with van der Waals surface area (Å²) in [6.45, 7) is -0.296. The molecule has 0 aliphatic carbocycles. The Labute approximate surface area is 174 Å². The third-order valence-electron chi connectivity index (χ3n) is 3.15. The lowest BCUT2D eigenvalue weighted by Gasteiger charge is -2.12. The van der Waals surface area contributed by atoms with E-state index in [1.54, 1.807) is 42.5 Å². The second kappa shape index (κ2) is 10.1.